The summed E-state index contributed by atoms with van der Waals surface area (Å²) < 4.78 is 0. The van der Waals surface area contributed by atoms with Crippen molar-refractivity contribution in [2.45, 2.75) is 41.5 Å². The second kappa shape index (κ2) is 3.42. The number of rotatable bonds is 2. The first-order valence-corrected chi connectivity index (χ1v) is 4.40. The van der Waals surface area contributed by atoms with E-state index in [1.165, 1.54) is 0 Å². The Balaban J connectivity index is 4.74. The fourth-order valence-electron chi connectivity index (χ4n) is 0.729. The molecule has 0 radical (unpaired) electrons. The van der Waals surface area contributed by atoms with Crippen molar-refractivity contribution in [2.75, 3.05) is 0 Å². The first-order chi connectivity index (χ1) is 5.23. The third-order valence-corrected chi connectivity index (χ3v) is 2.81. The van der Waals surface area contributed by atoms with Crippen LogP contribution in [0.5, 0.6) is 0 Å². The molecule has 1 heteroatoms. The van der Waals surface area contributed by atoms with Gasteiger partial charge >= 0.3 is 0 Å². The molecule has 0 amide bonds. The Labute approximate surface area is 75.9 Å². The molecule has 0 aromatic carbocycles. The van der Waals surface area contributed by atoms with Crippen LogP contribution in [0.1, 0.15) is 41.5 Å². The largest absolute Gasteiger partial charge is 0.294 e. The molecule has 0 heterocycles. The van der Waals surface area contributed by atoms with Crippen LogP contribution in [0, 0.1) is 10.8 Å². The van der Waals surface area contributed by atoms with Crippen LogP contribution < -0.4 is 0 Å². The van der Waals surface area contributed by atoms with Crippen molar-refractivity contribution in [3.05, 3.63) is 12.2 Å². The fourth-order valence-corrected chi connectivity index (χ4v) is 0.729. The molecular weight excluding hydrogens is 148 g/mol. The summed E-state index contributed by atoms with van der Waals surface area (Å²) in [7, 11) is 0. The topological polar surface area (TPSA) is 17.1 Å². The quantitative estimate of drug-likeness (QED) is 0.579. The molecular formula is C11H20O. The molecule has 0 spiro atoms. The van der Waals surface area contributed by atoms with Crippen molar-refractivity contribution >= 4 is 5.78 Å². The number of carbonyl (C=O) groups excluding carboxylic acids is 1. The molecule has 0 saturated heterocycles. The zero-order valence-electron chi connectivity index (χ0n) is 9.06. The van der Waals surface area contributed by atoms with Crippen molar-refractivity contribution in [3.8, 4) is 0 Å². The summed E-state index contributed by atoms with van der Waals surface area (Å²) in [4.78, 5) is 11.6. The highest BCUT2D eigenvalue weighted by molar-refractivity contribution is 5.94. The van der Waals surface area contributed by atoms with Gasteiger partial charge in [0.15, 0.2) is 5.78 Å². The molecule has 0 rings (SSSR count). The Bertz CT molecular complexity index is 192. The normalized spacial score (nSPS) is 13.8. The number of ketones is 1. The lowest BCUT2D eigenvalue weighted by atomic mass is 9.67. The predicted octanol–water partition coefficient (Wildman–Crippen LogP) is 3.20. The highest BCUT2D eigenvalue weighted by Crippen LogP contribution is 2.38. The van der Waals surface area contributed by atoms with E-state index in [9.17, 15) is 4.79 Å². The molecule has 1 nitrogen and oxygen atoms in total. The van der Waals surface area contributed by atoms with Crippen LogP contribution >= 0.6 is 0 Å². The van der Waals surface area contributed by atoms with Gasteiger partial charge in [-0.3, -0.25) is 4.79 Å². The van der Waals surface area contributed by atoms with Crippen LogP contribution in [0.2, 0.25) is 0 Å². The Morgan fingerprint density at radius 1 is 1.08 bits per heavy atom. The van der Waals surface area contributed by atoms with Crippen molar-refractivity contribution in [1.82, 2.24) is 0 Å². The van der Waals surface area contributed by atoms with Gasteiger partial charge in [-0.25, -0.2) is 0 Å². The average Bonchev–Trinajstić information content (AvgIpc) is 1.85. The molecule has 0 aliphatic carbocycles. The molecule has 0 atom stereocenters. The van der Waals surface area contributed by atoms with E-state index < -0.39 is 0 Å². The Morgan fingerprint density at radius 3 is 1.75 bits per heavy atom. The summed E-state index contributed by atoms with van der Waals surface area (Å²) in [6.45, 7) is 12.1. The van der Waals surface area contributed by atoms with E-state index in [0.717, 1.165) is 0 Å². The maximum absolute atomic E-state index is 11.6. The summed E-state index contributed by atoms with van der Waals surface area (Å²) in [5, 5.41) is 0. The van der Waals surface area contributed by atoms with Crippen LogP contribution in [0.3, 0.4) is 0 Å². The lowest BCUT2D eigenvalue weighted by Crippen LogP contribution is -2.36. The molecule has 0 saturated carbocycles. The minimum atomic E-state index is -0.278. The molecule has 70 valence electrons. The van der Waals surface area contributed by atoms with Gasteiger partial charge in [0.25, 0.3) is 0 Å². The molecule has 0 unspecified atom stereocenters. The third kappa shape index (κ3) is 2.20. The first kappa shape index (κ1) is 11.4. The molecule has 0 bridgehead atoms. The lowest BCUT2D eigenvalue weighted by molar-refractivity contribution is -0.127. The molecule has 12 heavy (non-hydrogen) atoms. The van der Waals surface area contributed by atoms with Gasteiger partial charge in [-0.05, 0) is 18.4 Å². The van der Waals surface area contributed by atoms with E-state index in [2.05, 4.69) is 20.8 Å². The van der Waals surface area contributed by atoms with E-state index in [1.54, 1.807) is 12.2 Å². The zero-order chi connectivity index (χ0) is 9.99. The maximum atomic E-state index is 11.6. The van der Waals surface area contributed by atoms with Gasteiger partial charge in [-0.15, -0.1) is 0 Å². The number of carbonyl (C=O) groups is 1. The SMILES string of the molecule is C/C=C\C(=O)C(C)(C)C(C)(C)C. The highest BCUT2D eigenvalue weighted by Gasteiger charge is 2.37. The first-order valence-electron chi connectivity index (χ1n) is 4.40. The van der Waals surface area contributed by atoms with Gasteiger partial charge in [-0.1, -0.05) is 40.7 Å². The van der Waals surface area contributed by atoms with Gasteiger partial charge in [-0.2, -0.15) is 0 Å². The van der Waals surface area contributed by atoms with Gasteiger partial charge < -0.3 is 0 Å². The summed E-state index contributed by atoms with van der Waals surface area (Å²) in [6.07, 6.45) is 3.46. The minimum absolute atomic E-state index is 0.0175. The van der Waals surface area contributed by atoms with Crippen LogP contribution in [0.25, 0.3) is 0 Å². The molecule has 0 N–H and O–H groups in total. The van der Waals surface area contributed by atoms with Gasteiger partial charge in [0, 0.05) is 5.41 Å². The summed E-state index contributed by atoms with van der Waals surface area (Å²) in [5.41, 5.74) is -0.261. The van der Waals surface area contributed by atoms with E-state index >= 15 is 0 Å². The minimum Gasteiger partial charge on any atom is -0.294 e. The van der Waals surface area contributed by atoms with Crippen molar-refractivity contribution < 1.29 is 4.79 Å². The summed E-state index contributed by atoms with van der Waals surface area (Å²) in [5.74, 6) is 0.206. The molecule has 0 fully saturated rings. The van der Waals surface area contributed by atoms with Crippen LogP contribution in [0.15, 0.2) is 12.2 Å². The standard InChI is InChI=1S/C11H20O/c1-7-8-9(12)11(5,6)10(2,3)4/h7-8H,1-6H3/b8-7-. The van der Waals surface area contributed by atoms with Crippen molar-refractivity contribution in [2.24, 2.45) is 10.8 Å². The number of allylic oxidation sites excluding steroid dienone is 2. The Kier molecular flexibility index (Phi) is 3.25. The zero-order valence-corrected chi connectivity index (χ0v) is 9.06. The number of hydrogen-bond acceptors (Lipinski definition) is 1. The second-order valence-corrected chi connectivity index (χ2v) is 4.74. The molecule has 0 aromatic rings. The van der Waals surface area contributed by atoms with Gasteiger partial charge in [0.05, 0.1) is 0 Å². The summed E-state index contributed by atoms with van der Waals surface area (Å²) in [6, 6.07) is 0. The third-order valence-electron chi connectivity index (χ3n) is 2.81. The van der Waals surface area contributed by atoms with Crippen LogP contribution in [-0.4, -0.2) is 5.78 Å². The van der Waals surface area contributed by atoms with E-state index in [4.69, 9.17) is 0 Å². The van der Waals surface area contributed by atoms with Crippen LogP contribution in [0.4, 0.5) is 0 Å². The van der Waals surface area contributed by atoms with E-state index in [1.807, 2.05) is 20.8 Å². The Hall–Kier alpha value is -0.590. The highest BCUT2D eigenvalue weighted by atomic mass is 16.1. The van der Waals surface area contributed by atoms with Crippen LogP contribution in [-0.2, 0) is 4.79 Å². The molecule has 0 aliphatic heterocycles. The molecule has 0 aliphatic rings. The average molecular weight is 168 g/mol. The summed E-state index contributed by atoms with van der Waals surface area (Å²) >= 11 is 0. The van der Waals surface area contributed by atoms with Gasteiger partial charge in [0.2, 0.25) is 0 Å². The van der Waals surface area contributed by atoms with Crippen molar-refractivity contribution in [3.63, 3.8) is 0 Å². The van der Waals surface area contributed by atoms with E-state index in [0.29, 0.717) is 0 Å². The lowest BCUT2D eigenvalue weighted by Gasteiger charge is -2.36. The number of hydrogen-bond donors (Lipinski definition) is 0. The molecule has 0 aromatic heterocycles. The van der Waals surface area contributed by atoms with Crippen molar-refractivity contribution in [1.29, 1.82) is 0 Å². The maximum Gasteiger partial charge on any atom is 0.161 e. The van der Waals surface area contributed by atoms with E-state index in [-0.39, 0.29) is 16.6 Å². The Morgan fingerprint density at radius 2 is 1.50 bits per heavy atom. The smallest absolute Gasteiger partial charge is 0.161 e. The monoisotopic (exact) mass is 168 g/mol. The predicted molar refractivity (Wildman–Crippen MR) is 53.1 cm³/mol. The second-order valence-electron chi connectivity index (χ2n) is 4.74. The fraction of sp³-hybridized carbons (Fsp3) is 0.727. The van der Waals surface area contributed by atoms with Gasteiger partial charge in [0.1, 0.15) is 0 Å².